The topological polar surface area (TPSA) is 139 Å². The minimum absolute atomic E-state index is 0.131. The largest absolute Gasteiger partial charge is 0.507 e. The van der Waals surface area contributed by atoms with Crippen LogP contribution in [0, 0.1) is 0 Å². The summed E-state index contributed by atoms with van der Waals surface area (Å²) < 4.78 is 11.8. The fraction of sp³-hybridized carbons (Fsp3) is 0.417. The van der Waals surface area contributed by atoms with E-state index in [-0.39, 0.29) is 46.3 Å². The van der Waals surface area contributed by atoms with Gasteiger partial charge in [-0.25, -0.2) is 0 Å². The van der Waals surface area contributed by atoms with Gasteiger partial charge in [-0.05, 0) is 19.8 Å². The maximum atomic E-state index is 13.1. The van der Waals surface area contributed by atoms with E-state index >= 15 is 0 Å². The number of ether oxygens (including phenoxy) is 2. The number of ketones is 2. The van der Waals surface area contributed by atoms with Crippen LogP contribution in [-0.2, 0) is 22.3 Å². The zero-order valence-corrected chi connectivity index (χ0v) is 17.6. The van der Waals surface area contributed by atoms with Crippen LogP contribution < -0.4 is 5.73 Å². The van der Waals surface area contributed by atoms with Crippen molar-refractivity contribution in [3.63, 3.8) is 0 Å². The number of aliphatic hydroxyl groups is 1. The summed E-state index contributed by atoms with van der Waals surface area (Å²) in [6, 6.07) is 5.93. The number of phenols is 2. The zero-order valence-electron chi connectivity index (χ0n) is 17.6. The molecule has 5 N–H and O–H groups in total. The standard InChI is InChI=1S/C24H25NO7/c1-10-20(26)16(25)9-17(31-10)32-11-6-7-14-15(8-11)24(30)19-18(23(14)29)21(27)12-4-2-3-5-13(12)22(19)28/h2-5,10-11,16-17,20,26,29-30H,6-9,25H2,1H3/t10-,11-,16-,17+,20+/m1/s1. The molecule has 0 spiro atoms. The first-order valence-corrected chi connectivity index (χ1v) is 10.8. The first kappa shape index (κ1) is 21.1. The molecule has 5 rings (SSSR count). The molecular weight excluding hydrogens is 414 g/mol. The number of fused-ring (bicyclic) bond motifs is 3. The van der Waals surface area contributed by atoms with E-state index < -0.39 is 36.1 Å². The van der Waals surface area contributed by atoms with Crippen LogP contribution in [0.5, 0.6) is 11.5 Å². The molecule has 0 radical (unpaired) electrons. The fourth-order valence-electron chi connectivity index (χ4n) is 5.04. The van der Waals surface area contributed by atoms with Gasteiger partial charge in [-0.15, -0.1) is 0 Å². The lowest BCUT2D eigenvalue weighted by molar-refractivity contribution is -0.239. The summed E-state index contributed by atoms with van der Waals surface area (Å²) in [7, 11) is 0. The van der Waals surface area contributed by atoms with Crippen LogP contribution in [0.2, 0.25) is 0 Å². The Morgan fingerprint density at radius 2 is 1.62 bits per heavy atom. The van der Waals surface area contributed by atoms with Gasteiger partial charge in [-0.3, -0.25) is 9.59 Å². The minimum atomic E-state index is -0.763. The molecule has 1 saturated heterocycles. The lowest BCUT2D eigenvalue weighted by Gasteiger charge is -2.38. The summed E-state index contributed by atoms with van der Waals surface area (Å²) in [4.78, 5) is 26.1. The van der Waals surface area contributed by atoms with Gasteiger partial charge < -0.3 is 30.5 Å². The van der Waals surface area contributed by atoms with E-state index in [0.717, 1.165) is 0 Å². The monoisotopic (exact) mass is 439 g/mol. The predicted octanol–water partition coefficient (Wildman–Crippen LogP) is 1.57. The van der Waals surface area contributed by atoms with Crippen molar-refractivity contribution in [2.24, 2.45) is 5.73 Å². The van der Waals surface area contributed by atoms with Crippen LogP contribution in [0.15, 0.2) is 24.3 Å². The summed E-state index contributed by atoms with van der Waals surface area (Å²) in [5, 5.41) is 31.9. The number of hydrogen-bond acceptors (Lipinski definition) is 8. The van der Waals surface area contributed by atoms with Crippen molar-refractivity contribution in [2.45, 2.75) is 63.3 Å². The summed E-state index contributed by atoms with van der Waals surface area (Å²) in [6.07, 6.45) is -0.688. The molecule has 0 bridgehead atoms. The molecular formula is C24H25NO7. The van der Waals surface area contributed by atoms with Crippen molar-refractivity contribution in [2.75, 3.05) is 0 Å². The van der Waals surface area contributed by atoms with Crippen LogP contribution in [0.3, 0.4) is 0 Å². The molecule has 8 nitrogen and oxygen atoms in total. The van der Waals surface area contributed by atoms with E-state index in [1.54, 1.807) is 31.2 Å². The number of hydrogen-bond donors (Lipinski definition) is 4. The molecule has 8 heteroatoms. The van der Waals surface area contributed by atoms with Gasteiger partial charge in [-0.2, -0.15) is 0 Å². The average Bonchev–Trinajstić information content (AvgIpc) is 2.78. The third kappa shape index (κ3) is 3.14. The quantitative estimate of drug-likeness (QED) is 0.441. The number of aliphatic hydroxyl groups excluding tert-OH is 1. The van der Waals surface area contributed by atoms with Crippen molar-refractivity contribution in [3.05, 3.63) is 57.6 Å². The Labute approximate surface area is 184 Å². The SMILES string of the molecule is C[C@H]1O[C@@H](O[C@@H]2CCc3c(O)c4c(c(O)c3C2)C(=O)c2ccccc2C4=O)C[C@@H](N)[C@H]1O. The molecule has 1 aliphatic heterocycles. The number of carbonyl (C=O) groups excluding carboxylic acids is 2. The van der Waals surface area contributed by atoms with Crippen molar-refractivity contribution >= 4 is 11.6 Å². The van der Waals surface area contributed by atoms with Crippen molar-refractivity contribution in [1.82, 2.24) is 0 Å². The van der Waals surface area contributed by atoms with Crippen LogP contribution in [0.25, 0.3) is 0 Å². The number of aromatic hydroxyl groups is 2. The van der Waals surface area contributed by atoms with Gasteiger partial charge in [0.05, 0.1) is 29.4 Å². The van der Waals surface area contributed by atoms with E-state index in [2.05, 4.69) is 0 Å². The van der Waals surface area contributed by atoms with E-state index in [9.17, 15) is 24.9 Å². The van der Waals surface area contributed by atoms with E-state index in [1.165, 1.54) is 0 Å². The smallest absolute Gasteiger partial charge is 0.198 e. The molecule has 2 aromatic carbocycles. The summed E-state index contributed by atoms with van der Waals surface area (Å²) in [5.41, 5.74) is 6.99. The highest BCUT2D eigenvalue weighted by Gasteiger charge is 2.40. The Morgan fingerprint density at radius 3 is 2.22 bits per heavy atom. The Hall–Kier alpha value is -2.78. The first-order valence-electron chi connectivity index (χ1n) is 10.8. The van der Waals surface area contributed by atoms with Gasteiger partial charge in [0.25, 0.3) is 0 Å². The highest BCUT2D eigenvalue weighted by molar-refractivity contribution is 6.30. The Balaban J connectivity index is 1.47. The molecule has 1 heterocycles. The maximum Gasteiger partial charge on any atom is 0.198 e. The molecule has 0 saturated carbocycles. The van der Waals surface area contributed by atoms with Gasteiger partial charge >= 0.3 is 0 Å². The molecule has 0 unspecified atom stereocenters. The van der Waals surface area contributed by atoms with Gasteiger partial charge in [-0.1, -0.05) is 24.3 Å². The van der Waals surface area contributed by atoms with E-state index in [0.29, 0.717) is 30.4 Å². The average molecular weight is 439 g/mol. The second-order valence-corrected chi connectivity index (χ2v) is 8.77. The predicted molar refractivity (Wildman–Crippen MR) is 113 cm³/mol. The molecule has 1 fully saturated rings. The Kier molecular flexibility index (Phi) is 5.05. The normalized spacial score (nSPS) is 29.3. The van der Waals surface area contributed by atoms with Crippen LogP contribution in [-0.4, -0.2) is 57.5 Å². The van der Waals surface area contributed by atoms with Gasteiger partial charge in [0.1, 0.15) is 11.5 Å². The molecule has 5 atom stereocenters. The number of phenolic OH excluding ortho intramolecular Hbond substituents is 2. The van der Waals surface area contributed by atoms with Crippen LogP contribution in [0.4, 0.5) is 0 Å². The van der Waals surface area contributed by atoms with Crippen molar-refractivity contribution in [1.29, 1.82) is 0 Å². The van der Waals surface area contributed by atoms with Crippen LogP contribution >= 0.6 is 0 Å². The van der Waals surface area contributed by atoms with Gasteiger partial charge in [0, 0.05) is 41.1 Å². The lowest BCUT2D eigenvalue weighted by Crippen LogP contribution is -2.52. The summed E-state index contributed by atoms with van der Waals surface area (Å²) >= 11 is 0. The van der Waals surface area contributed by atoms with Crippen LogP contribution in [0.1, 0.15) is 62.7 Å². The van der Waals surface area contributed by atoms with E-state index in [1.807, 2.05) is 0 Å². The lowest BCUT2D eigenvalue weighted by atomic mass is 9.77. The minimum Gasteiger partial charge on any atom is -0.507 e. The maximum absolute atomic E-state index is 13.1. The highest BCUT2D eigenvalue weighted by Crippen LogP contribution is 2.46. The molecule has 2 aliphatic carbocycles. The van der Waals surface area contributed by atoms with E-state index in [4.69, 9.17) is 15.2 Å². The third-order valence-corrected chi connectivity index (χ3v) is 6.77. The summed E-state index contributed by atoms with van der Waals surface area (Å²) in [5.74, 6) is -1.48. The Morgan fingerprint density at radius 1 is 1.03 bits per heavy atom. The summed E-state index contributed by atoms with van der Waals surface area (Å²) in [6.45, 7) is 1.73. The third-order valence-electron chi connectivity index (χ3n) is 6.77. The highest BCUT2D eigenvalue weighted by atomic mass is 16.7. The zero-order chi connectivity index (χ0) is 22.7. The molecule has 0 aromatic heterocycles. The fourth-order valence-corrected chi connectivity index (χ4v) is 5.04. The molecule has 0 amide bonds. The second kappa shape index (κ2) is 7.67. The van der Waals surface area contributed by atoms with Crippen molar-refractivity contribution < 1.29 is 34.4 Å². The molecule has 32 heavy (non-hydrogen) atoms. The Bertz CT molecular complexity index is 1120. The van der Waals surface area contributed by atoms with Crippen molar-refractivity contribution in [3.8, 4) is 11.5 Å². The van der Waals surface area contributed by atoms with Gasteiger partial charge in [0.15, 0.2) is 17.9 Å². The number of rotatable bonds is 2. The second-order valence-electron chi connectivity index (χ2n) is 8.77. The molecule has 168 valence electrons. The molecule has 3 aliphatic rings. The number of nitrogens with two attached hydrogens (primary N) is 1. The number of benzene rings is 2. The number of carbonyl (C=O) groups is 2. The molecule has 2 aromatic rings. The van der Waals surface area contributed by atoms with Gasteiger partial charge in [0.2, 0.25) is 0 Å². The first-order chi connectivity index (χ1) is 15.3.